The first kappa shape index (κ1) is 15.4. The first-order valence-electron chi connectivity index (χ1n) is 8.09. The second kappa shape index (κ2) is 5.77. The van der Waals surface area contributed by atoms with Crippen molar-refractivity contribution in [1.29, 1.82) is 0 Å². The van der Waals surface area contributed by atoms with Gasteiger partial charge in [0, 0.05) is 4.90 Å². The highest BCUT2D eigenvalue weighted by atomic mass is 32.2. The second-order valence-corrected chi connectivity index (χ2v) is 7.70. The monoisotopic (exact) mass is 342 g/mol. The fourth-order valence-corrected chi connectivity index (χ4v) is 4.64. The van der Waals surface area contributed by atoms with Gasteiger partial charge in [-0.05, 0) is 37.3 Å². The van der Waals surface area contributed by atoms with Crippen molar-refractivity contribution in [3.05, 3.63) is 42.0 Å². The SMILES string of the molecule is Cc1ccc(SCC(=O)NN2C(=O)C3C4C=CC(C4)C3C2=O)cc1. The maximum atomic E-state index is 12.5. The van der Waals surface area contributed by atoms with Crippen molar-refractivity contribution in [3.8, 4) is 0 Å². The summed E-state index contributed by atoms with van der Waals surface area (Å²) in [6.07, 6.45) is 4.96. The van der Waals surface area contributed by atoms with E-state index in [1.54, 1.807) is 0 Å². The summed E-state index contributed by atoms with van der Waals surface area (Å²) < 4.78 is 0. The molecule has 1 aliphatic heterocycles. The Morgan fingerprint density at radius 2 is 1.71 bits per heavy atom. The highest BCUT2D eigenvalue weighted by Crippen LogP contribution is 2.52. The van der Waals surface area contributed by atoms with Gasteiger partial charge >= 0.3 is 0 Å². The van der Waals surface area contributed by atoms with Gasteiger partial charge in [0.25, 0.3) is 11.8 Å². The standard InChI is InChI=1S/C18H18N2O3S/c1-10-2-6-13(7-3-10)24-9-14(21)19-20-17(22)15-11-4-5-12(8-11)16(15)18(20)23/h2-7,11-12,15-16H,8-9H2,1H3,(H,19,21). The maximum absolute atomic E-state index is 12.5. The number of aryl methyl sites for hydroxylation is 1. The number of fused-ring (bicyclic) bond motifs is 5. The molecule has 2 aliphatic carbocycles. The molecule has 2 fully saturated rings. The zero-order chi connectivity index (χ0) is 16.8. The van der Waals surface area contributed by atoms with E-state index in [4.69, 9.17) is 0 Å². The molecule has 2 bridgehead atoms. The van der Waals surface area contributed by atoms with Crippen molar-refractivity contribution < 1.29 is 14.4 Å². The Balaban J connectivity index is 1.37. The minimum absolute atomic E-state index is 0.153. The van der Waals surface area contributed by atoms with Gasteiger partial charge in [0.1, 0.15) is 0 Å². The van der Waals surface area contributed by atoms with Crippen LogP contribution in [0.4, 0.5) is 0 Å². The van der Waals surface area contributed by atoms with E-state index in [0.717, 1.165) is 21.9 Å². The lowest BCUT2D eigenvalue weighted by Gasteiger charge is -2.17. The molecule has 124 valence electrons. The molecular formula is C18H18N2O3S. The highest BCUT2D eigenvalue weighted by Gasteiger charge is 2.59. The lowest BCUT2D eigenvalue weighted by Crippen LogP contribution is -2.48. The van der Waals surface area contributed by atoms with E-state index < -0.39 is 0 Å². The van der Waals surface area contributed by atoms with E-state index in [1.807, 2.05) is 43.3 Å². The molecule has 3 amide bonds. The molecule has 1 saturated heterocycles. The molecule has 1 aromatic rings. The number of nitrogens with zero attached hydrogens (tertiary/aromatic N) is 1. The Morgan fingerprint density at radius 1 is 1.12 bits per heavy atom. The summed E-state index contributed by atoms with van der Waals surface area (Å²) in [6.45, 7) is 2.00. The van der Waals surface area contributed by atoms with Crippen LogP contribution in [-0.2, 0) is 14.4 Å². The molecule has 3 aliphatic rings. The predicted octanol–water partition coefficient (Wildman–Crippen LogP) is 1.93. The van der Waals surface area contributed by atoms with Gasteiger partial charge in [-0.1, -0.05) is 29.8 Å². The number of amides is 3. The number of thioether (sulfide) groups is 1. The van der Waals surface area contributed by atoms with Crippen molar-refractivity contribution in [1.82, 2.24) is 10.4 Å². The maximum Gasteiger partial charge on any atom is 0.252 e. The molecule has 0 aromatic heterocycles. The van der Waals surface area contributed by atoms with Gasteiger partial charge in [0.05, 0.1) is 17.6 Å². The van der Waals surface area contributed by atoms with Crippen molar-refractivity contribution in [3.63, 3.8) is 0 Å². The molecule has 6 heteroatoms. The summed E-state index contributed by atoms with van der Waals surface area (Å²) >= 11 is 1.38. The quantitative estimate of drug-likeness (QED) is 0.516. The van der Waals surface area contributed by atoms with Crippen LogP contribution in [-0.4, -0.2) is 28.5 Å². The van der Waals surface area contributed by atoms with Crippen LogP contribution in [0.5, 0.6) is 0 Å². The molecular weight excluding hydrogens is 324 g/mol. The van der Waals surface area contributed by atoms with E-state index >= 15 is 0 Å². The summed E-state index contributed by atoms with van der Waals surface area (Å²) in [5.74, 6) is -0.926. The fraction of sp³-hybridized carbons (Fsp3) is 0.389. The minimum atomic E-state index is -0.331. The van der Waals surface area contributed by atoms with Gasteiger partial charge in [-0.3, -0.25) is 19.8 Å². The summed E-state index contributed by atoms with van der Waals surface area (Å²) in [4.78, 5) is 38.1. The number of hydrogen-bond donors (Lipinski definition) is 1. The third-order valence-corrected chi connectivity index (χ3v) is 6.11. The van der Waals surface area contributed by atoms with Crippen LogP contribution in [0.15, 0.2) is 41.3 Å². The Morgan fingerprint density at radius 3 is 2.29 bits per heavy atom. The molecule has 4 unspecified atom stereocenters. The lowest BCUT2D eigenvalue weighted by molar-refractivity contribution is -0.149. The largest absolute Gasteiger partial charge is 0.272 e. The number of rotatable bonds is 4. The highest BCUT2D eigenvalue weighted by molar-refractivity contribution is 8.00. The smallest absolute Gasteiger partial charge is 0.252 e. The topological polar surface area (TPSA) is 66.5 Å². The molecule has 4 atom stereocenters. The number of hydrazine groups is 1. The number of allylic oxidation sites excluding steroid dienone is 2. The van der Waals surface area contributed by atoms with Crippen molar-refractivity contribution >= 4 is 29.5 Å². The number of carbonyl (C=O) groups is 3. The minimum Gasteiger partial charge on any atom is -0.272 e. The van der Waals surface area contributed by atoms with Crippen LogP contribution in [0, 0.1) is 30.6 Å². The van der Waals surface area contributed by atoms with Crippen LogP contribution in [0.3, 0.4) is 0 Å². The van der Waals surface area contributed by atoms with Crippen LogP contribution < -0.4 is 5.43 Å². The molecule has 5 nitrogen and oxygen atoms in total. The Labute approximate surface area is 144 Å². The van der Waals surface area contributed by atoms with E-state index in [0.29, 0.717) is 0 Å². The predicted molar refractivity (Wildman–Crippen MR) is 89.6 cm³/mol. The fourth-order valence-electron chi connectivity index (χ4n) is 3.95. The average Bonchev–Trinajstić information content (AvgIpc) is 3.24. The number of hydrogen-bond acceptors (Lipinski definition) is 4. The number of carbonyl (C=O) groups excluding carboxylic acids is 3. The molecule has 24 heavy (non-hydrogen) atoms. The van der Waals surface area contributed by atoms with Gasteiger partial charge in [0.2, 0.25) is 5.91 Å². The van der Waals surface area contributed by atoms with Crippen molar-refractivity contribution in [2.75, 3.05) is 5.75 Å². The van der Waals surface area contributed by atoms with E-state index in [2.05, 4.69) is 5.43 Å². The van der Waals surface area contributed by atoms with Gasteiger partial charge in [-0.2, -0.15) is 5.01 Å². The first-order chi connectivity index (χ1) is 11.5. The van der Waals surface area contributed by atoms with E-state index in [-0.39, 0.29) is 47.1 Å². The molecule has 1 heterocycles. The Hall–Kier alpha value is -2.08. The molecule has 1 saturated carbocycles. The molecule has 0 radical (unpaired) electrons. The summed E-state index contributed by atoms with van der Waals surface area (Å²) in [7, 11) is 0. The van der Waals surface area contributed by atoms with Crippen LogP contribution in [0.1, 0.15) is 12.0 Å². The molecule has 1 N–H and O–H groups in total. The van der Waals surface area contributed by atoms with Crippen molar-refractivity contribution in [2.45, 2.75) is 18.2 Å². The first-order valence-corrected chi connectivity index (χ1v) is 9.08. The van der Waals surface area contributed by atoms with E-state index in [9.17, 15) is 14.4 Å². The molecule has 4 rings (SSSR count). The van der Waals surface area contributed by atoms with Gasteiger partial charge in [-0.15, -0.1) is 11.8 Å². The summed E-state index contributed by atoms with van der Waals surface area (Å²) in [6, 6.07) is 7.87. The zero-order valence-corrected chi connectivity index (χ0v) is 14.1. The Kier molecular flexibility index (Phi) is 3.72. The molecule has 1 aromatic carbocycles. The third kappa shape index (κ3) is 2.45. The summed E-state index contributed by atoms with van der Waals surface area (Å²) in [5, 5.41) is 0.958. The zero-order valence-electron chi connectivity index (χ0n) is 13.3. The second-order valence-electron chi connectivity index (χ2n) is 6.65. The van der Waals surface area contributed by atoms with Gasteiger partial charge in [0.15, 0.2) is 0 Å². The van der Waals surface area contributed by atoms with Crippen LogP contribution >= 0.6 is 11.8 Å². The number of benzene rings is 1. The van der Waals surface area contributed by atoms with Gasteiger partial charge in [-0.25, -0.2) is 0 Å². The molecule has 0 spiro atoms. The third-order valence-electron chi connectivity index (χ3n) is 5.10. The number of imide groups is 1. The van der Waals surface area contributed by atoms with Crippen LogP contribution in [0.25, 0.3) is 0 Å². The number of nitrogens with one attached hydrogen (secondary N) is 1. The summed E-state index contributed by atoms with van der Waals surface area (Å²) in [5.41, 5.74) is 3.66. The Bertz CT molecular complexity index is 713. The lowest BCUT2D eigenvalue weighted by atomic mass is 9.85. The van der Waals surface area contributed by atoms with E-state index in [1.165, 1.54) is 11.8 Å². The van der Waals surface area contributed by atoms with Crippen LogP contribution in [0.2, 0.25) is 0 Å². The van der Waals surface area contributed by atoms with Gasteiger partial charge < -0.3 is 0 Å². The average molecular weight is 342 g/mol. The van der Waals surface area contributed by atoms with Crippen molar-refractivity contribution in [2.24, 2.45) is 23.7 Å². The normalized spacial score (nSPS) is 30.1.